The van der Waals surface area contributed by atoms with Crippen molar-refractivity contribution >= 4 is 23.0 Å². The van der Waals surface area contributed by atoms with Gasteiger partial charge in [-0.05, 0) is 87.4 Å². The highest BCUT2D eigenvalue weighted by molar-refractivity contribution is 7.80. The molecule has 0 radical (unpaired) electrons. The number of aryl methyl sites for hydroxylation is 1. The number of nitrogens with zero attached hydrogens (tertiary/aromatic N) is 2. The van der Waals surface area contributed by atoms with Gasteiger partial charge in [-0.2, -0.15) is 0 Å². The molecule has 0 spiro atoms. The van der Waals surface area contributed by atoms with Crippen LogP contribution in [0.5, 0.6) is 0 Å². The number of hydrogen-bond acceptors (Lipinski definition) is 3. The van der Waals surface area contributed by atoms with Crippen molar-refractivity contribution in [2.24, 2.45) is 0 Å². The summed E-state index contributed by atoms with van der Waals surface area (Å²) in [5.41, 5.74) is 3.75. The first-order valence-corrected chi connectivity index (χ1v) is 10.2. The standard InChI is InChI=1S/C22H31N3OS/c1-16(2)21-17(3)7-5-9-20(21)23-22(27)25(15-19-8-6-14-26-19)18-10-12-24(4)13-11-18/h5-9,14,16,18H,10-13,15H2,1-4H3,(H,23,27). The lowest BCUT2D eigenvalue weighted by Crippen LogP contribution is -2.47. The molecule has 0 bridgehead atoms. The molecule has 1 aliphatic rings. The fraction of sp³-hybridized carbons (Fsp3) is 0.500. The van der Waals surface area contributed by atoms with Crippen molar-refractivity contribution in [3.63, 3.8) is 0 Å². The van der Waals surface area contributed by atoms with E-state index in [1.165, 1.54) is 11.1 Å². The van der Waals surface area contributed by atoms with E-state index in [9.17, 15) is 0 Å². The molecule has 0 unspecified atom stereocenters. The molecule has 0 amide bonds. The summed E-state index contributed by atoms with van der Waals surface area (Å²) < 4.78 is 5.62. The normalized spacial score (nSPS) is 15.9. The summed E-state index contributed by atoms with van der Waals surface area (Å²) in [5.74, 6) is 1.39. The predicted octanol–water partition coefficient (Wildman–Crippen LogP) is 5.00. The summed E-state index contributed by atoms with van der Waals surface area (Å²) in [6.45, 7) is 9.53. The van der Waals surface area contributed by atoms with Crippen LogP contribution >= 0.6 is 12.2 Å². The molecule has 1 aromatic heterocycles. The Kier molecular flexibility index (Phi) is 6.55. The van der Waals surface area contributed by atoms with E-state index in [0.29, 0.717) is 18.5 Å². The number of benzene rings is 1. The Morgan fingerprint density at radius 3 is 2.63 bits per heavy atom. The molecule has 2 aromatic rings. The van der Waals surface area contributed by atoms with Crippen LogP contribution < -0.4 is 5.32 Å². The van der Waals surface area contributed by atoms with Gasteiger partial charge in [0, 0.05) is 11.7 Å². The summed E-state index contributed by atoms with van der Waals surface area (Å²) >= 11 is 5.89. The molecule has 27 heavy (non-hydrogen) atoms. The Bertz CT molecular complexity index is 749. The Morgan fingerprint density at radius 2 is 2.00 bits per heavy atom. The summed E-state index contributed by atoms with van der Waals surface area (Å²) in [5, 5.41) is 4.34. The second kappa shape index (κ2) is 8.89. The van der Waals surface area contributed by atoms with Gasteiger partial charge in [0.25, 0.3) is 0 Å². The summed E-state index contributed by atoms with van der Waals surface area (Å²) in [4.78, 5) is 4.70. The van der Waals surface area contributed by atoms with Crippen LogP contribution in [0.4, 0.5) is 5.69 Å². The molecule has 1 saturated heterocycles. The maximum atomic E-state index is 5.89. The van der Waals surface area contributed by atoms with Crippen LogP contribution in [-0.4, -0.2) is 41.1 Å². The molecule has 146 valence electrons. The van der Waals surface area contributed by atoms with Crippen LogP contribution in [0, 0.1) is 6.92 Å². The van der Waals surface area contributed by atoms with Crippen molar-refractivity contribution in [3.8, 4) is 0 Å². The van der Waals surface area contributed by atoms with Gasteiger partial charge in [0.2, 0.25) is 0 Å². The van der Waals surface area contributed by atoms with Crippen molar-refractivity contribution < 1.29 is 4.42 Å². The molecule has 2 heterocycles. The zero-order chi connectivity index (χ0) is 19.4. The van der Waals surface area contributed by atoms with Gasteiger partial charge >= 0.3 is 0 Å². The number of piperidine rings is 1. The smallest absolute Gasteiger partial charge is 0.174 e. The zero-order valence-corrected chi connectivity index (χ0v) is 17.7. The van der Waals surface area contributed by atoms with E-state index < -0.39 is 0 Å². The molecule has 5 heteroatoms. The molecule has 1 aliphatic heterocycles. The number of furan rings is 1. The van der Waals surface area contributed by atoms with E-state index in [-0.39, 0.29) is 0 Å². The lowest BCUT2D eigenvalue weighted by atomic mass is 9.96. The lowest BCUT2D eigenvalue weighted by Gasteiger charge is -2.38. The van der Waals surface area contributed by atoms with Crippen LogP contribution in [-0.2, 0) is 6.54 Å². The number of anilines is 1. The van der Waals surface area contributed by atoms with Crippen molar-refractivity contribution in [2.75, 3.05) is 25.5 Å². The Labute approximate surface area is 168 Å². The van der Waals surface area contributed by atoms with Gasteiger partial charge in [0.15, 0.2) is 5.11 Å². The van der Waals surface area contributed by atoms with Gasteiger partial charge in [-0.15, -0.1) is 0 Å². The third kappa shape index (κ3) is 4.90. The average molecular weight is 386 g/mol. The number of thiocarbonyl (C=S) groups is 1. The van der Waals surface area contributed by atoms with Gasteiger partial charge in [-0.3, -0.25) is 0 Å². The van der Waals surface area contributed by atoms with E-state index in [2.05, 4.69) is 61.1 Å². The van der Waals surface area contributed by atoms with Crippen LogP contribution in [0.2, 0.25) is 0 Å². The zero-order valence-electron chi connectivity index (χ0n) is 16.9. The monoisotopic (exact) mass is 385 g/mol. The number of rotatable bonds is 5. The predicted molar refractivity (Wildman–Crippen MR) is 116 cm³/mol. The SMILES string of the molecule is Cc1cccc(NC(=S)N(Cc2ccco2)C2CCN(C)CC2)c1C(C)C. The minimum Gasteiger partial charge on any atom is -0.467 e. The Balaban J connectivity index is 1.82. The third-order valence-corrected chi connectivity index (χ3v) is 5.78. The van der Waals surface area contributed by atoms with Crippen LogP contribution in [0.25, 0.3) is 0 Å². The molecule has 3 rings (SSSR count). The molecule has 1 aromatic carbocycles. The van der Waals surface area contributed by atoms with E-state index in [1.54, 1.807) is 6.26 Å². The topological polar surface area (TPSA) is 31.6 Å². The first kappa shape index (κ1) is 19.9. The molecule has 0 atom stereocenters. The van der Waals surface area contributed by atoms with Gasteiger partial charge in [-0.1, -0.05) is 26.0 Å². The summed E-state index contributed by atoms with van der Waals surface area (Å²) in [6, 6.07) is 10.8. The molecule has 1 N–H and O–H groups in total. The molecule has 1 fully saturated rings. The minimum atomic E-state index is 0.429. The van der Waals surface area contributed by atoms with Gasteiger partial charge < -0.3 is 19.5 Å². The van der Waals surface area contributed by atoms with Crippen molar-refractivity contribution in [3.05, 3.63) is 53.5 Å². The number of hydrogen-bond donors (Lipinski definition) is 1. The largest absolute Gasteiger partial charge is 0.467 e. The van der Waals surface area contributed by atoms with E-state index in [1.807, 2.05) is 12.1 Å². The van der Waals surface area contributed by atoms with Gasteiger partial charge in [0.1, 0.15) is 5.76 Å². The summed E-state index contributed by atoms with van der Waals surface area (Å²) in [7, 11) is 2.19. The summed E-state index contributed by atoms with van der Waals surface area (Å²) in [6.07, 6.45) is 3.96. The van der Waals surface area contributed by atoms with E-state index in [0.717, 1.165) is 42.5 Å². The number of likely N-dealkylation sites (tertiary alicyclic amines) is 1. The highest BCUT2D eigenvalue weighted by atomic mass is 32.1. The lowest BCUT2D eigenvalue weighted by molar-refractivity contribution is 0.168. The van der Waals surface area contributed by atoms with Gasteiger partial charge in [-0.25, -0.2) is 0 Å². The molecule has 0 saturated carbocycles. The van der Waals surface area contributed by atoms with Gasteiger partial charge in [0.05, 0.1) is 12.8 Å². The molecular formula is C22H31N3OS. The molecular weight excluding hydrogens is 354 g/mol. The van der Waals surface area contributed by atoms with E-state index >= 15 is 0 Å². The number of nitrogens with one attached hydrogen (secondary N) is 1. The first-order valence-electron chi connectivity index (χ1n) is 9.83. The van der Waals surface area contributed by atoms with Crippen molar-refractivity contribution in [2.45, 2.75) is 52.1 Å². The highest BCUT2D eigenvalue weighted by Crippen LogP contribution is 2.29. The average Bonchev–Trinajstić information content (AvgIpc) is 3.13. The van der Waals surface area contributed by atoms with Crippen LogP contribution in [0.15, 0.2) is 41.0 Å². The van der Waals surface area contributed by atoms with Crippen molar-refractivity contribution in [1.82, 2.24) is 9.80 Å². The second-order valence-electron chi connectivity index (χ2n) is 7.86. The fourth-order valence-electron chi connectivity index (χ4n) is 3.99. The maximum Gasteiger partial charge on any atom is 0.174 e. The van der Waals surface area contributed by atoms with Crippen molar-refractivity contribution in [1.29, 1.82) is 0 Å². The molecule has 4 nitrogen and oxygen atoms in total. The highest BCUT2D eigenvalue weighted by Gasteiger charge is 2.26. The third-order valence-electron chi connectivity index (χ3n) is 5.44. The fourth-order valence-corrected chi connectivity index (χ4v) is 4.31. The Morgan fingerprint density at radius 1 is 1.26 bits per heavy atom. The minimum absolute atomic E-state index is 0.429. The Hall–Kier alpha value is -1.85. The van der Waals surface area contributed by atoms with Crippen LogP contribution in [0.1, 0.15) is 49.5 Å². The van der Waals surface area contributed by atoms with Crippen LogP contribution in [0.3, 0.4) is 0 Å². The maximum absolute atomic E-state index is 5.89. The quantitative estimate of drug-likeness (QED) is 0.732. The molecule has 0 aliphatic carbocycles. The second-order valence-corrected chi connectivity index (χ2v) is 8.25. The first-order chi connectivity index (χ1) is 13.0. The van der Waals surface area contributed by atoms with E-state index in [4.69, 9.17) is 16.6 Å².